The second-order valence-electron chi connectivity index (χ2n) is 7.93. The smallest absolute Gasteiger partial charge is 0.308 e. The Kier molecular flexibility index (Phi) is 4.03. The number of benzene rings is 3. The van der Waals surface area contributed by atoms with Gasteiger partial charge < -0.3 is 4.74 Å². The molecule has 0 unspecified atom stereocenters. The topological polar surface area (TPSA) is 47.5 Å². The maximum absolute atomic E-state index is 11.8. The van der Waals surface area contributed by atoms with Crippen LogP contribution in [-0.4, -0.2) is 22.2 Å². The van der Waals surface area contributed by atoms with Crippen LogP contribution in [0.4, 0.5) is 0 Å². The highest BCUT2D eigenvalue weighted by molar-refractivity contribution is 6.29. The number of aromatic nitrogens is 3. The van der Waals surface area contributed by atoms with E-state index >= 15 is 0 Å². The molecule has 4 aromatic carbocycles. The highest BCUT2D eigenvalue weighted by Gasteiger charge is 2.23. The Bertz CT molecular complexity index is 1590. The summed E-state index contributed by atoms with van der Waals surface area (Å²) in [6.07, 6.45) is 1.13. The van der Waals surface area contributed by atoms with Gasteiger partial charge in [-0.15, -0.1) is 0 Å². The molecule has 0 atom stereocenters. The first kappa shape index (κ1) is 18.1. The lowest BCUT2D eigenvalue weighted by molar-refractivity contribution is -0.646. The Morgan fingerprint density at radius 2 is 1.81 bits per heavy atom. The number of carbonyl (C=O) groups excluding carboxylic acids is 1. The van der Waals surface area contributed by atoms with Gasteiger partial charge in [-0.2, -0.15) is 0 Å². The molecule has 0 aliphatic rings. The van der Waals surface area contributed by atoms with Crippen LogP contribution >= 0.6 is 0 Å². The number of carbonyl (C=O) groups is 1. The van der Waals surface area contributed by atoms with Gasteiger partial charge in [-0.3, -0.25) is 4.79 Å². The Morgan fingerprint density at radius 3 is 2.65 bits per heavy atom. The zero-order valence-corrected chi connectivity index (χ0v) is 17.3. The van der Waals surface area contributed by atoms with Gasteiger partial charge in [0.15, 0.2) is 5.52 Å². The Morgan fingerprint density at radius 1 is 1.00 bits per heavy atom. The van der Waals surface area contributed by atoms with Gasteiger partial charge in [0.1, 0.15) is 5.52 Å². The number of para-hydroxylation sites is 2. The van der Waals surface area contributed by atoms with Crippen LogP contribution in [0, 0.1) is 0 Å². The van der Waals surface area contributed by atoms with E-state index in [2.05, 4.69) is 59.2 Å². The van der Waals surface area contributed by atoms with Crippen molar-refractivity contribution < 1.29 is 14.1 Å². The molecule has 0 amide bonds. The molecular weight excluding hydrogens is 386 g/mol. The number of esters is 1. The number of rotatable bonds is 5. The first-order chi connectivity index (χ1) is 15.3. The second kappa shape index (κ2) is 6.91. The van der Waals surface area contributed by atoms with Crippen molar-refractivity contribution in [3.8, 4) is 0 Å². The zero-order chi connectivity index (χ0) is 20.9. The summed E-state index contributed by atoms with van der Waals surface area (Å²) in [6.45, 7) is 2.99. The normalized spacial score (nSPS) is 12.0. The van der Waals surface area contributed by atoms with Gasteiger partial charge in [0.2, 0.25) is 5.52 Å². The van der Waals surface area contributed by atoms with Crippen LogP contribution in [0.1, 0.15) is 19.8 Å². The molecule has 0 aliphatic carbocycles. The quantitative estimate of drug-likeness (QED) is 0.297. The lowest BCUT2D eigenvalue weighted by Crippen LogP contribution is -2.34. The van der Waals surface area contributed by atoms with Crippen LogP contribution in [0.15, 0.2) is 66.7 Å². The summed E-state index contributed by atoms with van der Waals surface area (Å²) < 4.78 is 9.41. The van der Waals surface area contributed by atoms with Gasteiger partial charge in [0, 0.05) is 23.3 Å². The lowest BCUT2D eigenvalue weighted by Gasteiger charge is -2.01. The number of fused-ring (bicyclic) bond motifs is 6. The fraction of sp³-hybridized carbons (Fsp3) is 0.192. The maximum atomic E-state index is 11.8. The Balaban J connectivity index is 1.60. The largest absolute Gasteiger partial charge is 0.466 e. The van der Waals surface area contributed by atoms with E-state index in [0.29, 0.717) is 13.0 Å². The molecule has 5 nitrogen and oxygen atoms in total. The summed E-state index contributed by atoms with van der Waals surface area (Å²) in [4.78, 5) is 11.8. The maximum Gasteiger partial charge on any atom is 0.308 e. The average Bonchev–Trinajstić information content (AvgIpc) is 3.28. The molecular formula is C26H22N3O2+. The molecule has 0 N–H and O–H groups in total. The van der Waals surface area contributed by atoms with E-state index in [9.17, 15) is 4.79 Å². The predicted molar refractivity (Wildman–Crippen MR) is 122 cm³/mol. The van der Waals surface area contributed by atoms with E-state index in [-0.39, 0.29) is 5.97 Å². The van der Waals surface area contributed by atoms with E-state index in [1.54, 1.807) is 0 Å². The van der Waals surface area contributed by atoms with Crippen molar-refractivity contribution in [3.05, 3.63) is 66.7 Å². The van der Waals surface area contributed by atoms with Crippen molar-refractivity contribution >= 4 is 55.1 Å². The van der Waals surface area contributed by atoms with Crippen molar-refractivity contribution in [2.45, 2.75) is 26.3 Å². The van der Waals surface area contributed by atoms with Gasteiger partial charge in [-0.25, -0.2) is 4.57 Å². The molecule has 5 heteroatoms. The molecule has 0 bridgehead atoms. The molecule has 152 valence electrons. The summed E-state index contributed by atoms with van der Waals surface area (Å²) in [5, 5.41) is 11.2. The minimum atomic E-state index is -0.142. The van der Waals surface area contributed by atoms with Crippen LogP contribution in [0.2, 0.25) is 0 Å². The number of ether oxygens (including phenoxy) is 1. The minimum absolute atomic E-state index is 0.142. The molecule has 6 aromatic rings. The summed E-state index contributed by atoms with van der Waals surface area (Å²) in [5.41, 5.74) is 4.25. The zero-order valence-electron chi connectivity index (χ0n) is 17.3. The molecule has 0 radical (unpaired) electrons. The van der Waals surface area contributed by atoms with Gasteiger partial charge in [-0.05, 0) is 41.6 Å². The van der Waals surface area contributed by atoms with Crippen LogP contribution < -0.4 is 4.57 Å². The third-order valence-electron chi connectivity index (χ3n) is 6.14. The third kappa shape index (κ3) is 2.66. The molecule has 2 heterocycles. The number of hydrogen-bond acceptors (Lipinski definition) is 3. The number of hydrogen-bond donors (Lipinski definition) is 0. The average molecular weight is 408 g/mol. The van der Waals surface area contributed by atoms with E-state index in [4.69, 9.17) is 9.84 Å². The van der Waals surface area contributed by atoms with Crippen molar-refractivity contribution in [3.63, 3.8) is 0 Å². The summed E-state index contributed by atoms with van der Waals surface area (Å²) in [6, 6.07) is 23.4. The van der Waals surface area contributed by atoms with Crippen molar-refractivity contribution in [2.75, 3.05) is 6.61 Å². The summed E-state index contributed by atoms with van der Waals surface area (Å²) in [7, 11) is 0. The number of aryl methyl sites for hydroxylation is 1. The molecule has 0 spiro atoms. The first-order valence-electron chi connectivity index (χ1n) is 10.8. The minimum Gasteiger partial charge on any atom is -0.466 e. The third-order valence-corrected chi connectivity index (χ3v) is 6.14. The van der Waals surface area contributed by atoms with Crippen LogP contribution in [0.3, 0.4) is 0 Å². The van der Waals surface area contributed by atoms with Gasteiger partial charge in [-0.1, -0.05) is 58.1 Å². The fourth-order valence-corrected chi connectivity index (χ4v) is 4.84. The van der Waals surface area contributed by atoms with Crippen LogP contribution in [0.25, 0.3) is 49.1 Å². The van der Waals surface area contributed by atoms with Gasteiger partial charge in [0.05, 0.1) is 13.2 Å². The first-order valence-corrected chi connectivity index (χ1v) is 10.8. The summed E-state index contributed by atoms with van der Waals surface area (Å²) >= 11 is 0. The van der Waals surface area contributed by atoms with Crippen LogP contribution in [-0.2, 0) is 16.1 Å². The summed E-state index contributed by atoms with van der Waals surface area (Å²) in [5.74, 6) is -0.142. The highest BCUT2D eigenvalue weighted by atomic mass is 16.5. The Hall–Kier alpha value is -3.73. The van der Waals surface area contributed by atoms with Crippen molar-refractivity contribution in [2.24, 2.45) is 0 Å². The van der Waals surface area contributed by atoms with Gasteiger partial charge in [0.25, 0.3) is 0 Å². The fourth-order valence-electron chi connectivity index (χ4n) is 4.84. The van der Waals surface area contributed by atoms with E-state index in [1.165, 1.54) is 26.9 Å². The highest BCUT2D eigenvalue weighted by Crippen LogP contribution is 2.37. The molecule has 0 saturated heterocycles. The van der Waals surface area contributed by atoms with Crippen molar-refractivity contribution in [1.29, 1.82) is 0 Å². The van der Waals surface area contributed by atoms with Gasteiger partial charge >= 0.3 is 11.6 Å². The lowest BCUT2D eigenvalue weighted by atomic mass is 10.1. The number of nitrogens with zero attached hydrogens (tertiary/aromatic N) is 3. The predicted octanol–water partition coefficient (Wildman–Crippen LogP) is 5.02. The molecule has 0 fully saturated rings. The molecule has 31 heavy (non-hydrogen) atoms. The Labute approximate surface area is 178 Å². The monoisotopic (exact) mass is 408 g/mol. The van der Waals surface area contributed by atoms with Crippen molar-refractivity contribution in [1.82, 2.24) is 9.61 Å². The molecule has 0 aliphatic heterocycles. The molecule has 6 rings (SSSR count). The standard InChI is InChI=1S/C26H22N3O2/c1-2-31-24(30)14-7-15-28-21-12-3-4-13-22(21)29-23(28)16-20-18-10-5-8-17-9-6-11-19(25(17)18)26(20)27-29/h3-6,8-13,16H,2,7,14-15H2,1H3/q+1. The van der Waals surface area contributed by atoms with Crippen LogP contribution in [0.5, 0.6) is 0 Å². The number of imidazole rings is 1. The SMILES string of the molecule is CCOC(=O)CCC[n+]1c2ccccc2n2nc3c(cc21)c1cccc2cccc3c21. The van der Waals surface area contributed by atoms with E-state index in [0.717, 1.165) is 35.2 Å². The molecule has 0 saturated carbocycles. The second-order valence-corrected chi connectivity index (χ2v) is 7.93. The van der Waals surface area contributed by atoms with E-state index < -0.39 is 0 Å². The van der Waals surface area contributed by atoms with E-state index in [1.807, 2.05) is 23.6 Å². The molecule has 2 aromatic heterocycles.